The van der Waals surface area contributed by atoms with E-state index >= 15 is 0 Å². The fourth-order valence-electron chi connectivity index (χ4n) is 1.95. The molecule has 0 saturated carbocycles. The van der Waals surface area contributed by atoms with E-state index in [1.165, 1.54) is 12.1 Å². The van der Waals surface area contributed by atoms with Crippen molar-refractivity contribution in [3.8, 4) is 5.75 Å². The predicted octanol–water partition coefficient (Wildman–Crippen LogP) is 4.45. The molecule has 1 N–H and O–H groups in total. The monoisotopic (exact) mass is 371 g/mol. The minimum atomic E-state index is -0.248. The molecule has 0 aromatic heterocycles. The van der Waals surface area contributed by atoms with Crippen LogP contribution in [0.25, 0.3) is 0 Å². The van der Waals surface area contributed by atoms with E-state index in [0.29, 0.717) is 11.6 Å². The predicted molar refractivity (Wildman–Crippen MR) is 87.6 cm³/mol. The van der Waals surface area contributed by atoms with Gasteiger partial charge in [-0.2, -0.15) is 0 Å². The van der Waals surface area contributed by atoms with E-state index in [2.05, 4.69) is 21.2 Å². The molecule has 1 unspecified atom stereocenters. The first-order chi connectivity index (χ1) is 10.1. The largest absolute Gasteiger partial charge is 0.492 e. The summed E-state index contributed by atoms with van der Waals surface area (Å²) >= 11 is 9.31. The summed E-state index contributed by atoms with van der Waals surface area (Å²) in [5.74, 6) is 0.489. The molecule has 0 aliphatic heterocycles. The summed E-state index contributed by atoms with van der Waals surface area (Å²) in [5, 5.41) is 3.85. The first-order valence-corrected chi connectivity index (χ1v) is 7.75. The van der Waals surface area contributed by atoms with Crippen LogP contribution in [0, 0.1) is 5.82 Å². The van der Waals surface area contributed by atoms with Crippen LogP contribution in [0.4, 0.5) is 4.39 Å². The molecule has 5 heteroatoms. The summed E-state index contributed by atoms with van der Waals surface area (Å²) in [7, 11) is 1.88. The first-order valence-electron chi connectivity index (χ1n) is 6.58. The second-order valence-corrected chi connectivity index (χ2v) is 5.98. The fourth-order valence-corrected chi connectivity index (χ4v) is 2.64. The van der Waals surface area contributed by atoms with Crippen LogP contribution >= 0.6 is 27.5 Å². The van der Waals surface area contributed by atoms with Crippen molar-refractivity contribution in [2.45, 2.75) is 12.5 Å². The number of likely N-dealkylation sites (N-methyl/N-ethyl adjacent to an activating group) is 1. The maximum atomic E-state index is 13.1. The highest BCUT2D eigenvalue weighted by Gasteiger charge is 2.11. The van der Waals surface area contributed by atoms with Crippen molar-refractivity contribution in [1.29, 1.82) is 0 Å². The second kappa shape index (κ2) is 7.78. The smallest absolute Gasteiger partial charge is 0.124 e. The van der Waals surface area contributed by atoms with Crippen molar-refractivity contribution in [2.75, 3.05) is 13.7 Å². The average molecular weight is 373 g/mol. The van der Waals surface area contributed by atoms with Crippen LogP contribution in [0.3, 0.4) is 0 Å². The lowest BCUT2D eigenvalue weighted by atomic mass is 10.1. The van der Waals surface area contributed by atoms with Gasteiger partial charge < -0.3 is 10.1 Å². The van der Waals surface area contributed by atoms with Crippen molar-refractivity contribution >= 4 is 27.5 Å². The van der Waals surface area contributed by atoms with Gasteiger partial charge in [-0.3, -0.25) is 0 Å². The van der Waals surface area contributed by atoms with Gasteiger partial charge in [-0.05, 0) is 49.4 Å². The van der Waals surface area contributed by atoms with E-state index < -0.39 is 0 Å². The number of halogens is 3. The third kappa shape index (κ3) is 4.99. The summed E-state index contributed by atoms with van der Waals surface area (Å²) in [5.41, 5.74) is 1.03. The van der Waals surface area contributed by atoms with E-state index in [0.717, 1.165) is 22.2 Å². The molecule has 0 fully saturated rings. The minimum absolute atomic E-state index is 0.116. The van der Waals surface area contributed by atoms with Crippen LogP contribution in [0.2, 0.25) is 5.02 Å². The van der Waals surface area contributed by atoms with Crippen LogP contribution in [0.1, 0.15) is 5.56 Å². The highest BCUT2D eigenvalue weighted by atomic mass is 79.9. The molecule has 0 amide bonds. The van der Waals surface area contributed by atoms with Gasteiger partial charge in [0.15, 0.2) is 0 Å². The van der Waals surface area contributed by atoms with Crippen LogP contribution in [-0.2, 0) is 6.42 Å². The van der Waals surface area contributed by atoms with Crippen molar-refractivity contribution in [1.82, 2.24) is 5.32 Å². The lowest BCUT2D eigenvalue weighted by molar-refractivity contribution is 0.269. The van der Waals surface area contributed by atoms with Gasteiger partial charge >= 0.3 is 0 Å². The lowest BCUT2D eigenvalue weighted by Gasteiger charge is -2.18. The molecule has 0 saturated heterocycles. The van der Waals surface area contributed by atoms with E-state index in [4.69, 9.17) is 16.3 Å². The molecular weight excluding hydrogens is 357 g/mol. The van der Waals surface area contributed by atoms with Crippen LogP contribution in [0.15, 0.2) is 46.9 Å². The Morgan fingerprint density at radius 3 is 2.76 bits per heavy atom. The van der Waals surface area contributed by atoms with Gasteiger partial charge in [-0.1, -0.05) is 39.7 Å². The van der Waals surface area contributed by atoms with Crippen molar-refractivity contribution < 1.29 is 9.13 Å². The standard InChI is InChI=1S/C16H16BrClFNO/c1-20-14(7-11-5-6-13(19)9-16(11)17)10-21-15-4-2-3-12(18)8-15/h2-6,8-9,14,20H,7,10H2,1H3. The van der Waals surface area contributed by atoms with Crippen molar-refractivity contribution in [3.63, 3.8) is 0 Å². The van der Waals surface area contributed by atoms with Gasteiger partial charge in [0.1, 0.15) is 18.2 Å². The van der Waals surface area contributed by atoms with Crippen LogP contribution < -0.4 is 10.1 Å². The number of hydrogen-bond donors (Lipinski definition) is 1. The maximum absolute atomic E-state index is 13.1. The van der Waals surface area contributed by atoms with E-state index in [1.807, 2.05) is 19.2 Å². The van der Waals surface area contributed by atoms with E-state index in [-0.39, 0.29) is 11.9 Å². The van der Waals surface area contributed by atoms with Gasteiger partial charge in [0.2, 0.25) is 0 Å². The molecule has 0 aliphatic rings. The van der Waals surface area contributed by atoms with Crippen LogP contribution in [0.5, 0.6) is 5.75 Å². The van der Waals surface area contributed by atoms with Gasteiger partial charge in [0.05, 0.1) is 0 Å². The number of benzene rings is 2. The average Bonchev–Trinajstić information content (AvgIpc) is 2.45. The Balaban J connectivity index is 1.97. The molecule has 1 atom stereocenters. The zero-order chi connectivity index (χ0) is 15.2. The fraction of sp³-hybridized carbons (Fsp3) is 0.250. The zero-order valence-corrected chi connectivity index (χ0v) is 13.9. The molecule has 2 nitrogen and oxygen atoms in total. The summed E-state index contributed by atoms with van der Waals surface area (Å²) in [6.45, 7) is 0.501. The molecule has 0 heterocycles. The molecule has 2 aromatic rings. The molecule has 2 rings (SSSR count). The molecule has 0 aliphatic carbocycles. The van der Waals surface area contributed by atoms with Gasteiger partial charge in [0.25, 0.3) is 0 Å². The topological polar surface area (TPSA) is 21.3 Å². The Labute approximate surface area is 137 Å². The molecule has 112 valence electrons. The van der Waals surface area contributed by atoms with Crippen molar-refractivity contribution in [2.24, 2.45) is 0 Å². The second-order valence-electron chi connectivity index (χ2n) is 4.69. The molecular formula is C16H16BrClFNO. The molecule has 21 heavy (non-hydrogen) atoms. The van der Waals surface area contributed by atoms with E-state index in [9.17, 15) is 4.39 Å². The van der Waals surface area contributed by atoms with Gasteiger partial charge in [-0.15, -0.1) is 0 Å². The van der Waals surface area contributed by atoms with Crippen LogP contribution in [-0.4, -0.2) is 19.7 Å². The normalized spacial score (nSPS) is 12.2. The third-order valence-electron chi connectivity index (χ3n) is 3.14. The summed E-state index contributed by atoms with van der Waals surface area (Å²) in [6.07, 6.45) is 0.734. The summed E-state index contributed by atoms with van der Waals surface area (Å²) in [6, 6.07) is 12.1. The first kappa shape index (κ1) is 16.3. The summed E-state index contributed by atoms with van der Waals surface area (Å²) < 4.78 is 19.6. The third-order valence-corrected chi connectivity index (χ3v) is 4.11. The Morgan fingerprint density at radius 2 is 2.10 bits per heavy atom. The Morgan fingerprint density at radius 1 is 1.29 bits per heavy atom. The minimum Gasteiger partial charge on any atom is -0.492 e. The number of hydrogen-bond acceptors (Lipinski definition) is 2. The quantitative estimate of drug-likeness (QED) is 0.809. The molecule has 0 radical (unpaired) electrons. The van der Waals surface area contributed by atoms with Gasteiger partial charge in [0, 0.05) is 15.5 Å². The molecule has 2 aromatic carbocycles. The zero-order valence-electron chi connectivity index (χ0n) is 11.6. The summed E-state index contributed by atoms with van der Waals surface area (Å²) in [4.78, 5) is 0. The van der Waals surface area contributed by atoms with Crippen molar-refractivity contribution in [3.05, 3.63) is 63.3 Å². The Kier molecular flexibility index (Phi) is 6.03. The number of rotatable bonds is 6. The SMILES string of the molecule is CNC(COc1cccc(Cl)c1)Cc1ccc(F)cc1Br. The van der Waals surface area contributed by atoms with Gasteiger partial charge in [-0.25, -0.2) is 4.39 Å². The highest BCUT2D eigenvalue weighted by Crippen LogP contribution is 2.21. The maximum Gasteiger partial charge on any atom is 0.124 e. The lowest BCUT2D eigenvalue weighted by Crippen LogP contribution is -2.33. The van der Waals surface area contributed by atoms with E-state index in [1.54, 1.807) is 18.2 Å². The molecule has 0 spiro atoms. The Bertz CT molecular complexity index is 609. The number of ether oxygens (including phenoxy) is 1. The molecule has 0 bridgehead atoms. The highest BCUT2D eigenvalue weighted by molar-refractivity contribution is 9.10. The number of nitrogens with one attached hydrogen (secondary N) is 1. The Hall–Kier alpha value is -1.10.